The number of carbonyl (C=O) groups excluding carboxylic acids is 1. The van der Waals surface area contributed by atoms with Crippen LogP contribution < -0.4 is 10.6 Å². The van der Waals surface area contributed by atoms with E-state index in [1.54, 1.807) is 54.3 Å². The second kappa shape index (κ2) is 6.56. The Labute approximate surface area is 121 Å². The molecule has 2 rings (SSSR count). The van der Waals surface area contributed by atoms with E-state index in [1.165, 1.54) is 0 Å². The summed E-state index contributed by atoms with van der Waals surface area (Å²) in [6.07, 6.45) is 1.62. The van der Waals surface area contributed by atoms with Crippen molar-refractivity contribution in [1.82, 2.24) is 20.4 Å². The molecule has 0 bridgehead atoms. The van der Waals surface area contributed by atoms with Crippen LogP contribution in [-0.2, 0) is 18.4 Å². The molecule has 0 aliphatic carbocycles. The van der Waals surface area contributed by atoms with Gasteiger partial charge in [0, 0.05) is 13.2 Å². The van der Waals surface area contributed by atoms with Gasteiger partial charge in [0.15, 0.2) is 6.04 Å². The molecular formula is C14H16N4O3. The van der Waals surface area contributed by atoms with Crippen LogP contribution >= 0.6 is 0 Å². The Morgan fingerprint density at radius 2 is 2.00 bits per heavy atom. The van der Waals surface area contributed by atoms with Crippen LogP contribution in [0.25, 0.3) is 0 Å². The number of amides is 2. The van der Waals surface area contributed by atoms with Gasteiger partial charge in [0.1, 0.15) is 0 Å². The standard InChI is InChI=1S/C14H16N4O3/c1-18-11(7-8-16-18)9-15-14(21)17-12(13(19)20)10-5-3-2-4-6-10/h2-8,12H,9H2,1H3,(H,19,20)(H2,15,17,21)/t12-/m0/s1. The molecule has 110 valence electrons. The summed E-state index contributed by atoms with van der Waals surface area (Å²) in [6, 6.07) is 8.67. The molecule has 1 aromatic carbocycles. The monoisotopic (exact) mass is 288 g/mol. The van der Waals surface area contributed by atoms with Crippen LogP contribution in [-0.4, -0.2) is 26.9 Å². The molecule has 1 heterocycles. The molecule has 0 saturated carbocycles. The van der Waals surface area contributed by atoms with Gasteiger partial charge in [-0.2, -0.15) is 5.10 Å². The zero-order chi connectivity index (χ0) is 15.2. The van der Waals surface area contributed by atoms with Crippen LogP contribution in [0.15, 0.2) is 42.6 Å². The summed E-state index contributed by atoms with van der Waals surface area (Å²) < 4.78 is 1.63. The number of rotatable bonds is 5. The Bertz CT molecular complexity index is 624. The summed E-state index contributed by atoms with van der Waals surface area (Å²) in [5.41, 5.74) is 1.33. The van der Waals surface area contributed by atoms with Crippen molar-refractivity contribution in [3.8, 4) is 0 Å². The predicted molar refractivity (Wildman–Crippen MR) is 75.4 cm³/mol. The maximum Gasteiger partial charge on any atom is 0.330 e. The average molecular weight is 288 g/mol. The van der Waals surface area contributed by atoms with Gasteiger partial charge in [0.25, 0.3) is 0 Å². The SMILES string of the molecule is Cn1nccc1CNC(=O)N[C@H](C(=O)O)c1ccccc1. The second-order valence-corrected chi connectivity index (χ2v) is 4.46. The molecule has 1 atom stereocenters. The number of aryl methyl sites for hydroxylation is 1. The molecule has 0 saturated heterocycles. The maximum atomic E-state index is 11.8. The summed E-state index contributed by atoms with van der Waals surface area (Å²) >= 11 is 0. The molecule has 0 aliphatic heterocycles. The molecular weight excluding hydrogens is 272 g/mol. The number of aromatic nitrogens is 2. The molecule has 2 amide bonds. The van der Waals surface area contributed by atoms with E-state index in [4.69, 9.17) is 0 Å². The van der Waals surface area contributed by atoms with E-state index in [9.17, 15) is 14.7 Å². The lowest BCUT2D eigenvalue weighted by atomic mass is 10.1. The molecule has 0 radical (unpaired) electrons. The van der Waals surface area contributed by atoms with E-state index in [0.29, 0.717) is 5.56 Å². The highest BCUT2D eigenvalue weighted by Crippen LogP contribution is 2.12. The normalized spacial score (nSPS) is 11.7. The van der Waals surface area contributed by atoms with Gasteiger partial charge in [0.05, 0.1) is 12.2 Å². The van der Waals surface area contributed by atoms with E-state index >= 15 is 0 Å². The van der Waals surface area contributed by atoms with Gasteiger partial charge in [-0.1, -0.05) is 30.3 Å². The molecule has 3 N–H and O–H groups in total. The van der Waals surface area contributed by atoms with E-state index in [1.807, 2.05) is 0 Å². The van der Waals surface area contributed by atoms with Crippen LogP contribution in [0.2, 0.25) is 0 Å². The highest BCUT2D eigenvalue weighted by Gasteiger charge is 2.21. The Hall–Kier alpha value is -2.83. The van der Waals surface area contributed by atoms with E-state index in [-0.39, 0.29) is 6.54 Å². The Morgan fingerprint density at radius 3 is 2.57 bits per heavy atom. The van der Waals surface area contributed by atoms with E-state index < -0.39 is 18.0 Å². The molecule has 0 unspecified atom stereocenters. The first-order valence-electron chi connectivity index (χ1n) is 6.37. The van der Waals surface area contributed by atoms with Crippen molar-refractivity contribution in [2.24, 2.45) is 7.05 Å². The fourth-order valence-electron chi connectivity index (χ4n) is 1.86. The van der Waals surface area contributed by atoms with Gasteiger partial charge in [-0.05, 0) is 11.6 Å². The third-order valence-electron chi connectivity index (χ3n) is 3.01. The largest absolute Gasteiger partial charge is 0.479 e. The molecule has 21 heavy (non-hydrogen) atoms. The summed E-state index contributed by atoms with van der Waals surface area (Å²) in [7, 11) is 1.76. The van der Waals surface area contributed by atoms with Gasteiger partial charge < -0.3 is 15.7 Å². The van der Waals surface area contributed by atoms with Crippen molar-refractivity contribution in [3.05, 3.63) is 53.9 Å². The van der Waals surface area contributed by atoms with Crippen molar-refractivity contribution < 1.29 is 14.7 Å². The molecule has 0 fully saturated rings. The van der Waals surface area contributed by atoms with E-state index in [2.05, 4.69) is 15.7 Å². The minimum absolute atomic E-state index is 0.267. The van der Waals surface area contributed by atoms with Crippen molar-refractivity contribution in [2.75, 3.05) is 0 Å². The Kier molecular flexibility index (Phi) is 4.55. The summed E-state index contributed by atoms with van der Waals surface area (Å²) in [5, 5.41) is 18.2. The molecule has 7 heteroatoms. The summed E-state index contributed by atoms with van der Waals surface area (Å²) in [6.45, 7) is 0.267. The zero-order valence-electron chi connectivity index (χ0n) is 11.5. The summed E-state index contributed by atoms with van der Waals surface area (Å²) in [5.74, 6) is -1.11. The Balaban J connectivity index is 1.96. The Morgan fingerprint density at radius 1 is 1.29 bits per heavy atom. The third kappa shape index (κ3) is 3.82. The number of carboxylic acids is 1. The molecule has 7 nitrogen and oxygen atoms in total. The first kappa shape index (κ1) is 14.6. The molecule has 2 aromatic rings. The predicted octanol–water partition coefficient (Wildman–Crippen LogP) is 1.05. The number of nitrogens with zero attached hydrogens (tertiary/aromatic N) is 2. The molecule has 1 aromatic heterocycles. The number of urea groups is 1. The average Bonchev–Trinajstić information content (AvgIpc) is 2.88. The fraction of sp³-hybridized carbons (Fsp3) is 0.214. The quantitative estimate of drug-likeness (QED) is 0.766. The fourth-order valence-corrected chi connectivity index (χ4v) is 1.86. The lowest BCUT2D eigenvalue weighted by Gasteiger charge is -2.15. The van der Waals surface area contributed by atoms with Crippen molar-refractivity contribution >= 4 is 12.0 Å². The van der Waals surface area contributed by atoms with Crippen LogP contribution in [0.3, 0.4) is 0 Å². The van der Waals surface area contributed by atoms with Crippen molar-refractivity contribution in [2.45, 2.75) is 12.6 Å². The van der Waals surface area contributed by atoms with Crippen molar-refractivity contribution in [1.29, 1.82) is 0 Å². The van der Waals surface area contributed by atoms with Crippen LogP contribution in [0.1, 0.15) is 17.3 Å². The minimum atomic E-state index is -1.11. The first-order valence-corrected chi connectivity index (χ1v) is 6.37. The lowest BCUT2D eigenvalue weighted by Crippen LogP contribution is -2.40. The highest BCUT2D eigenvalue weighted by molar-refractivity contribution is 5.83. The van der Waals surface area contributed by atoms with Crippen LogP contribution in [0.4, 0.5) is 4.79 Å². The van der Waals surface area contributed by atoms with Crippen molar-refractivity contribution in [3.63, 3.8) is 0 Å². The van der Waals surface area contributed by atoms with Gasteiger partial charge in [-0.3, -0.25) is 4.68 Å². The highest BCUT2D eigenvalue weighted by atomic mass is 16.4. The van der Waals surface area contributed by atoms with Gasteiger partial charge in [-0.15, -0.1) is 0 Å². The van der Waals surface area contributed by atoms with Gasteiger partial charge in [0.2, 0.25) is 0 Å². The molecule has 0 aliphatic rings. The van der Waals surface area contributed by atoms with Crippen LogP contribution in [0.5, 0.6) is 0 Å². The van der Waals surface area contributed by atoms with Gasteiger partial charge >= 0.3 is 12.0 Å². The van der Waals surface area contributed by atoms with E-state index in [0.717, 1.165) is 5.69 Å². The zero-order valence-corrected chi connectivity index (χ0v) is 11.5. The van der Waals surface area contributed by atoms with Gasteiger partial charge in [-0.25, -0.2) is 9.59 Å². The van der Waals surface area contributed by atoms with Crippen LogP contribution in [0, 0.1) is 0 Å². The smallest absolute Gasteiger partial charge is 0.330 e. The third-order valence-corrected chi connectivity index (χ3v) is 3.01. The first-order chi connectivity index (χ1) is 10.1. The number of carbonyl (C=O) groups is 2. The summed E-state index contributed by atoms with van der Waals surface area (Å²) in [4.78, 5) is 23.1. The maximum absolute atomic E-state index is 11.8. The number of hydrogen-bond acceptors (Lipinski definition) is 3. The topological polar surface area (TPSA) is 96.3 Å². The number of nitrogens with one attached hydrogen (secondary N) is 2. The number of aliphatic carboxylic acids is 1. The minimum Gasteiger partial charge on any atom is -0.479 e. The molecule has 0 spiro atoms. The number of carboxylic acid groups (broad SMARTS) is 1. The second-order valence-electron chi connectivity index (χ2n) is 4.46. The number of hydrogen-bond donors (Lipinski definition) is 3. The lowest BCUT2D eigenvalue weighted by molar-refractivity contribution is -0.139. The number of benzene rings is 1.